The van der Waals surface area contributed by atoms with Gasteiger partial charge < -0.3 is 10.1 Å². The maximum absolute atomic E-state index is 11.4. The number of likely N-dealkylation sites (N-methyl/N-ethyl adjacent to an activating group) is 1. The molecule has 0 spiro atoms. The standard InChI is InChI=1S/C11H23NO2S/c1-5-14-11(13)10(12-4)8-15-7-6-9(2)3/h9-10,12H,5-8H2,1-4H3. The normalized spacial score (nSPS) is 12.9. The quantitative estimate of drug-likeness (QED) is 0.513. The number of carbonyl (C=O) groups is 1. The van der Waals surface area contributed by atoms with Crippen molar-refractivity contribution in [3.8, 4) is 0 Å². The summed E-state index contributed by atoms with van der Waals surface area (Å²) in [5.74, 6) is 2.49. The van der Waals surface area contributed by atoms with E-state index in [1.165, 1.54) is 6.42 Å². The number of hydrogen-bond acceptors (Lipinski definition) is 4. The molecule has 0 bridgehead atoms. The Hall–Kier alpha value is -0.220. The summed E-state index contributed by atoms with van der Waals surface area (Å²) in [6, 6.07) is -0.165. The predicted molar refractivity (Wildman–Crippen MR) is 66.3 cm³/mol. The van der Waals surface area contributed by atoms with Crippen molar-refractivity contribution in [2.24, 2.45) is 5.92 Å². The number of nitrogens with one attached hydrogen (secondary N) is 1. The van der Waals surface area contributed by atoms with Crippen LogP contribution in [0.25, 0.3) is 0 Å². The summed E-state index contributed by atoms with van der Waals surface area (Å²) in [5.41, 5.74) is 0. The summed E-state index contributed by atoms with van der Waals surface area (Å²) < 4.78 is 4.96. The maximum Gasteiger partial charge on any atom is 0.323 e. The van der Waals surface area contributed by atoms with Crippen molar-refractivity contribution < 1.29 is 9.53 Å². The van der Waals surface area contributed by atoms with Gasteiger partial charge in [-0.25, -0.2) is 0 Å². The fraction of sp³-hybridized carbons (Fsp3) is 0.909. The van der Waals surface area contributed by atoms with Crippen LogP contribution in [-0.4, -0.2) is 37.2 Å². The van der Waals surface area contributed by atoms with Crippen LogP contribution >= 0.6 is 11.8 Å². The molecule has 0 saturated heterocycles. The first kappa shape index (κ1) is 14.8. The van der Waals surface area contributed by atoms with E-state index >= 15 is 0 Å². The van der Waals surface area contributed by atoms with Gasteiger partial charge in [-0.15, -0.1) is 0 Å². The van der Waals surface area contributed by atoms with E-state index in [4.69, 9.17) is 4.74 Å². The molecule has 0 aromatic rings. The van der Waals surface area contributed by atoms with Gasteiger partial charge in [-0.2, -0.15) is 11.8 Å². The molecule has 0 rings (SSSR count). The third-order valence-corrected chi connectivity index (χ3v) is 3.14. The number of esters is 1. The summed E-state index contributed by atoms with van der Waals surface area (Å²) in [7, 11) is 1.80. The van der Waals surface area contributed by atoms with Crippen LogP contribution in [0.15, 0.2) is 0 Å². The molecule has 0 heterocycles. The summed E-state index contributed by atoms with van der Waals surface area (Å²) in [4.78, 5) is 11.4. The van der Waals surface area contributed by atoms with Gasteiger partial charge in [0.05, 0.1) is 6.61 Å². The number of carbonyl (C=O) groups excluding carboxylic acids is 1. The molecule has 0 aliphatic rings. The van der Waals surface area contributed by atoms with Crippen molar-refractivity contribution in [3.05, 3.63) is 0 Å². The van der Waals surface area contributed by atoms with Crippen LogP contribution in [0.4, 0.5) is 0 Å². The van der Waals surface area contributed by atoms with E-state index in [9.17, 15) is 4.79 Å². The highest BCUT2D eigenvalue weighted by molar-refractivity contribution is 7.99. The monoisotopic (exact) mass is 233 g/mol. The van der Waals surface area contributed by atoms with Gasteiger partial charge in [-0.3, -0.25) is 4.79 Å². The molecule has 0 saturated carbocycles. The zero-order valence-electron chi connectivity index (χ0n) is 10.2. The van der Waals surface area contributed by atoms with Crippen LogP contribution in [0.2, 0.25) is 0 Å². The van der Waals surface area contributed by atoms with Crippen LogP contribution in [-0.2, 0) is 9.53 Å². The summed E-state index contributed by atoms with van der Waals surface area (Å²) in [6.07, 6.45) is 1.20. The molecule has 0 aromatic heterocycles. The van der Waals surface area contributed by atoms with E-state index in [0.29, 0.717) is 6.61 Å². The van der Waals surface area contributed by atoms with E-state index in [0.717, 1.165) is 17.4 Å². The molecular weight excluding hydrogens is 210 g/mol. The van der Waals surface area contributed by atoms with Crippen molar-refractivity contribution >= 4 is 17.7 Å². The van der Waals surface area contributed by atoms with E-state index in [2.05, 4.69) is 19.2 Å². The van der Waals surface area contributed by atoms with Crippen molar-refractivity contribution in [1.82, 2.24) is 5.32 Å². The molecule has 1 unspecified atom stereocenters. The Balaban J connectivity index is 3.65. The molecule has 1 N–H and O–H groups in total. The van der Waals surface area contributed by atoms with E-state index < -0.39 is 0 Å². The van der Waals surface area contributed by atoms with Crippen molar-refractivity contribution in [1.29, 1.82) is 0 Å². The minimum absolute atomic E-state index is 0.142. The largest absolute Gasteiger partial charge is 0.465 e. The van der Waals surface area contributed by atoms with Gasteiger partial charge >= 0.3 is 5.97 Å². The highest BCUT2D eigenvalue weighted by Crippen LogP contribution is 2.10. The van der Waals surface area contributed by atoms with E-state index in [1.54, 1.807) is 18.8 Å². The maximum atomic E-state index is 11.4. The number of ether oxygens (including phenoxy) is 1. The zero-order valence-corrected chi connectivity index (χ0v) is 11.0. The van der Waals surface area contributed by atoms with E-state index in [1.807, 2.05) is 6.92 Å². The van der Waals surface area contributed by atoms with Gasteiger partial charge in [0, 0.05) is 5.75 Å². The average molecular weight is 233 g/mol. The highest BCUT2D eigenvalue weighted by atomic mass is 32.2. The molecular formula is C11H23NO2S. The topological polar surface area (TPSA) is 38.3 Å². The lowest BCUT2D eigenvalue weighted by molar-refractivity contribution is -0.144. The molecule has 0 fully saturated rings. The number of hydrogen-bond donors (Lipinski definition) is 1. The molecule has 0 radical (unpaired) electrons. The van der Waals surface area contributed by atoms with Crippen LogP contribution in [0.3, 0.4) is 0 Å². The molecule has 90 valence electrons. The van der Waals surface area contributed by atoms with Crippen molar-refractivity contribution in [2.45, 2.75) is 33.2 Å². The second kappa shape index (κ2) is 9.04. The minimum atomic E-state index is -0.165. The van der Waals surface area contributed by atoms with Crippen LogP contribution < -0.4 is 5.32 Å². The Morgan fingerprint density at radius 3 is 2.60 bits per heavy atom. The summed E-state index contributed by atoms with van der Waals surface area (Å²) in [6.45, 7) is 6.70. The molecule has 15 heavy (non-hydrogen) atoms. The van der Waals surface area contributed by atoms with Gasteiger partial charge in [0.25, 0.3) is 0 Å². The van der Waals surface area contributed by atoms with Crippen LogP contribution in [0.5, 0.6) is 0 Å². The zero-order chi connectivity index (χ0) is 11.7. The summed E-state index contributed by atoms with van der Waals surface area (Å²) >= 11 is 1.81. The lowest BCUT2D eigenvalue weighted by Crippen LogP contribution is -2.37. The Kier molecular flexibility index (Phi) is 8.91. The second-order valence-electron chi connectivity index (χ2n) is 3.85. The first-order valence-electron chi connectivity index (χ1n) is 5.53. The fourth-order valence-electron chi connectivity index (χ4n) is 1.03. The van der Waals surface area contributed by atoms with Gasteiger partial charge in [-0.1, -0.05) is 13.8 Å². The molecule has 0 aliphatic heterocycles. The van der Waals surface area contributed by atoms with Gasteiger partial charge in [0.2, 0.25) is 0 Å². The predicted octanol–water partition coefficient (Wildman–Crippen LogP) is 1.92. The smallest absolute Gasteiger partial charge is 0.323 e. The Labute approximate surface area is 97.3 Å². The molecule has 0 aliphatic carbocycles. The fourth-order valence-corrected chi connectivity index (χ4v) is 2.38. The first-order chi connectivity index (χ1) is 7.11. The van der Waals surface area contributed by atoms with Gasteiger partial charge in [-0.05, 0) is 32.1 Å². The lowest BCUT2D eigenvalue weighted by atomic mass is 10.2. The van der Waals surface area contributed by atoms with Crippen molar-refractivity contribution in [3.63, 3.8) is 0 Å². The molecule has 1 atom stereocenters. The Bertz CT molecular complexity index is 174. The van der Waals surface area contributed by atoms with Crippen LogP contribution in [0, 0.1) is 5.92 Å². The number of thioether (sulfide) groups is 1. The lowest BCUT2D eigenvalue weighted by Gasteiger charge is -2.14. The summed E-state index contributed by atoms with van der Waals surface area (Å²) in [5, 5.41) is 2.98. The highest BCUT2D eigenvalue weighted by Gasteiger charge is 2.16. The van der Waals surface area contributed by atoms with Gasteiger partial charge in [0.15, 0.2) is 0 Å². The Morgan fingerprint density at radius 1 is 1.47 bits per heavy atom. The van der Waals surface area contributed by atoms with E-state index in [-0.39, 0.29) is 12.0 Å². The van der Waals surface area contributed by atoms with Crippen LogP contribution in [0.1, 0.15) is 27.2 Å². The Morgan fingerprint density at radius 2 is 2.13 bits per heavy atom. The first-order valence-corrected chi connectivity index (χ1v) is 6.68. The third-order valence-electron chi connectivity index (χ3n) is 2.04. The molecule has 0 aromatic carbocycles. The molecule has 4 heteroatoms. The van der Waals surface area contributed by atoms with Gasteiger partial charge in [0.1, 0.15) is 6.04 Å². The third kappa shape index (κ3) is 7.68. The average Bonchev–Trinajstić information content (AvgIpc) is 2.17. The molecule has 0 amide bonds. The molecule has 3 nitrogen and oxygen atoms in total. The number of rotatable bonds is 8. The second-order valence-corrected chi connectivity index (χ2v) is 5.00. The SMILES string of the molecule is CCOC(=O)C(CSCCC(C)C)NC. The van der Waals surface area contributed by atoms with Crippen molar-refractivity contribution in [2.75, 3.05) is 25.2 Å². The minimum Gasteiger partial charge on any atom is -0.465 e.